The van der Waals surface area contributed by atoms with Crippen molar-refractivity contribution in [1.29, 1.82) is 0 Å². The Morgan fingerprint density at radius 2 is 1.74 bits per heavy atom. The number of carbonyl (C=O) groups is 1. The second-order valence-corrected chi connectivity index (χ2v) is 11.2. The summed E-state index contributed by atoms with van der Waals surface area (Å²) in [5.74, 6) is -2.60. The van der Waals surface area contributed by atoms with Crippen LogP contribution in [0.4, 0.5) is 8.78 Å². The number of morpholine rings is 1. The molecule has 0 radical (unpaired) electrons. The number of aromatic nitrogens is 2. The van der Waals surface area contributed by atoms with Gasteiger partial charge in [-0.2, -0.15) is 4.31 Å². The molecule has 1 saturated heterocycles. The molecule has 5 rings (SSSR count). The number of halogens is 2. The topological polar surface area (TPSA) is 118 Å². The van der Waals surface area contributed by atoms with Crippen molar-refractivity contribution in [1.82, 2.24) is 14.3 Å². The number of nitrogens with two attached hydrogens (primary N) is 1. The van der Waals surface area contributed by atoms with Gasteiger partial charge in [0.15, 0.2) is 0 Å². The Bertz CT molecular complexity index is 1560. The number of H-pyrrole nitrogens is 1. The maximum Gasteiger partial charge on any atom is 0.243 e. The summed E-state index contributed by atoms with van der Waals surface area (Å²) >= 11 is 0. The lowest BCUT2D eigenvalue weighted by atomic mass is 9.87. The average Bonchev–Trinajstić information content (AvgIpc) is 3.35. The van der Waals surface area contributed by atoms with E-state index in [9.17, 15) is 22.0 Å². The monoisotopic (exact) mass is 540 g/mol. The Labute approximate surface area is 218 Å². The summed E-state index contributed by atoms with van der Waals surface area (Å²) in [6.45, 7) is 1.27. The second kappa shape index (κ2) is 10.6. The fourth-order valence-electron chi connectivity index (χ4n) is 4.80. The lowest BCUT2D eigenvalue weighted by molar-refractivity contribution is -0.118. The number of rotatable bonds is 8. The van der Waals surface area contributed by atoms with E-state index in [4.69, 9.17) is 15.5 Å². The summed E-state index contributed by atoms with van der Waals surface area (Å²) in [4.78, 5) is 20.1. The number of aromatic amines is 1. The van der Waals surface area contributed by atoms with Crippen molar-refractivity contribution in [3.05, 3.63) is 83.7 Å². The van der Waals surface area contributed by atoms with Crippen LogP contribution in [0.3, 0.4) is 0 Å². The number of pyridine rings is 1. The smallest absolute Gasteiger partial charge is 0.243 e. The highest BCUT2D eigenvalue weighted by Gasteiger charge is 2.27. The fraction of sp³-hybridized carbons (Fsp3) is 0.259. The SMILES string of the molecule is NC(=O)C[C@@H](Cc1cc(F)cc(F)c1)c1nc2cc[nH]c2cc1-c1ccc(S(=O)(=O)N2CCOCC2)cc1. The largest absolute Gasteiger partial charge is 0.379 e. The normalized spacial score (nSPS) is 15.5. The first-order valence-corrected chi connectivity index (χ1v) is 13.5. The molecule has 1 atom stereocenters. The zero-order valence-electron chi connectivity index (χ0n) is 20.4. The number of hydrogen-bond donors (Lipinski definition) is 2. The molecule has 3 heterocycles. The maximum atomic E-state index is 13.9. The van der Waals surface area contributed by atoms with Crippen LogP contribution in [0.2, 0.25) is 0 Å². The van der Waals surface area contributed by atoms with Crippen LogP contribution < -0.4 is 5.73 Å². The first-order valence-electron chi connectivity index (χ1n) is 12.1. The molecule has 1 fully saturated rings. The number of sulfonamides is 1. The molecule has 0 saturated carbocycles. The molecule has 3 N–H and O–H groups in total. The Kier molecular flexibility index (Phi) is 7.24. The lowest BCUT2D eigenvalue weighted by Crippen LogP contribution is -2.40. The van der Waals surface area contributed by atoms with Gasteiger partial charge in [0.05, 0.1) is 34.8 Å². The van der Waals surface area contributed by atoms with Gasteiger partial charge >= 0.3 is 0 Å². The minimum atomic E-state index is -3.68. The molecule has 8 nitrogen and oxygen atoms in total. The lowest BCUT2D eigenvalue weighted by Gasteiger charge is -2.26. The van der Waals surface area contributed by atoms with Gasteiger partial charge in [-0.15, -0.1) is 0 Å². The third kappa shape index (κ3) is 5.45. The van der Waals surface area contributed by atoms with Crippen molar-refractivity contribution >= 4 is 27.0 Å². The van der Waals surface area contributed by atoms with E-state index in [1.54, 1.807) is 24.4 Å². The molecule has 198 valence electrons. The van der Waals surface area contributed by atoms with Crippen LogP contribution in [-0.2, 0) is 26.0 Å². The highest BCUT2D eigenvalue weighted by Crippen LogP contribution is 2.35. The molecule has 1 aliphatic heterocycles. The van der Waals surface area contributed by atoms with Gasteiger partial charge in [-0.05, 0) is 53.9 Å². The Hall–Kier alpha value is -3.67. The summed E-state index contributed by atoms with van der Waals surface area (Å²) in [5.41, 5.74) is 9.15. The first kappa shape index (κ1) is 26.0. The zero-order chi connectivity index (χ0) is 26.9. The molecule has 1 amide bonds. The minimum Gasteiger partial charge on any atom is -0.379 e. The van der Waals surface area contributed by atoms with Gasteiger partial charge in [0.2, 0.25) is 15.9 Å². The molecule has 4 aromatic rings. The van der Waals surface area contributed by atoms with Gasteiger partial charge in [-0.25, -0.2) is 17.2 Å². The number of primary amides is 1. The van der Waals surface area contributed by atoms with Gasteiger partial charge in [0, 0.05) is 43.3 Å². The van der Waals surface area contributed by atoms with Gasteiger partial charge in [0.1, 0.15) is 11.6 Å². The third-order valence-corrected chi connectivity index (χ3v) is 8.49. The van der Waals surface area contributed by atoms with E-state index < -0.39 is 33.5 Å². The van der Waals surface area contributed by atoms with Gasteiger partial charge in [0.25, 0.3) is 0 Å². The Morgan fingerprint density at radius 3 is 2.39 bits per heavy atom. The van der Waals surface area contributed by atoms with Crippen molar-refractivity contribution in [2.24, 2.45) is 5.73 Å². The molecule has 0 aliphatic carbocycles. The number of carbonyl (C=O) groups excluding carboxylic acids is 1. The maximum absolute atomic E-state index is 13.9. The number of ether oxygens (including phenoxy) is 1. The quantitative estimate of drug-likeness (QED) is 0.353. The van der Waals surface area contributed by atoms with E-state index in [1.165, 1.54) is 28.6 Å². The summed E-state index contributed by atoms with van der Waals surface area (Å²) in [7, 11) is -3.68. The highest BCUT2D eigenvalue weighted by atomic mass is 32.2. The standard InChI is InChI=1S/C27H26F2N4O4S/c28-20-12-17(13-21(29)15-20)11-19(14-26(30)34)27-23(16-25-24(32-27)5-6-31-25)18-1-3-22(4-2-18)38(35,36)33-7-9-37-10-8-33/h1-6,12-13,15-16,19,31H,7-11,14H2,(H2,30,34)/t19-/m1/s1. The predicted octanol–water partition coefficient (Wildman–Crippen LogP) is 3.73. The van der Waals surface area contributed by atoms with E-state index >= 15 is 0 Å². The zero-order valence-corrected chi connectivity index (χ0v) is 21.2. The molecule has 38 heavy (non-hydrogen) atoms. The summed E-state index contributed by atoms with van der Waals surface area (Å²) in [6, 6.07) is 13.3. The molecule has 1 aliphatic rings. The number of nitrogens with zero attached hydrogens (tertiary/aromatic N) is 2. The summed E-state index contributed by atoms with van der Waals surface area (Å²) in [6.07, 6.45) is 1.75. The van der Waals surface area contributed by atoms with Crippen molar-refractivity contribution in [3.63, 3.8) is 0 Å². The van der Waals surface area contributed by atoms with Crippen LogP contribution in [0.5, 0.6) is 0 Å². The molecule has 2 aromatic heterocycles. The molecule has 0 bridgehead atoms. The molecule has 2 aromatic carbocycles. The highest BCUT2D eigenvalue weighted by molar-refractivity contribution is 7.89. The van der Waals surface area contributed by atoms with Crippen LogP contribution in [0.1, 0.15) is 23.6 Å². The summed E-state index contributed by atoms with van der Waals surface area (Å²) in [5, 5.41) is 0. The van der Waals surface area contributed by atoms with E-state index in [0.29, 0.717) is 41.1 Å². The molecular weight excluding hydrogens is 514 g/mol. The van der Waals surface area contributed by atoms with Crippen molar-refractivity contribution in [3.8, 4) is 11.1 Å². The summed E-state index contributed by atoms with van der Waals surface area (Å²) < 4.78 is 60.6. The Balaban J connectivity index is 1.56. The second-order valence-electron chi connectivity index (χ2n) is 9.22. The third-order valence-electron chi connectivity index (χ3n) is 6.57. The molecule has 0 unspecified atom stereocenters. The van der Waals surface area contributed by atoms with Crippen molar-refractivity contribution < 1.29 is 26.7 Å². The predicted molar refractivity (Wildman–Crippen MR) is 138 cm³/mol. The number of nitrogens with one attached hydrogen (secondary N) is 1. The number of amides is 1. The van der Waals surface area contributed by atoms with Gasteiger partial charge in [-0.1, -0.05) is 12.1 Å². The Morgan fingerprint density at radius 1 is 1.05 bits per heavy atom. The van der Waals surface area contributed by atoms with Crippen LogP contribution >= 0.6 is 0 Å². The number of hydrogen-bond acceptors (Lipinski definition) is 5. The van der Waals surface area contributed by atoms with E-state index in [1.807, 2.05) is 6.07 Å². The van der Waals surface area contributed by atoms with Crippen LogP contribution in [0.25, 0.3) is 22.2 Å². The molecule has 11 heteroatoms. The van der Waals surface area contributed by atoms with E-state index in [2.05, 4.69) is 4.98 Å². The first-order chi connectivity index (χ1) is 18.2. The van der Waals surface area contributed by atoms with Crippen LogP contribution in [-0.4, -0.2) is 54.9 Å². The minimum absolute atomic E-state index is 0.0996. The molecule has 0 spiro atoms. The van der Waals surface area contributed by atoms with Crippen LogP contribution in [0, 0.1) is 11.6 Å². The van der Waals surface area contributed by atoms with Crippen molar-refractivity contribution in [2.75, 3.05) is 26.3 Å². The van der Waals surface area contributed by atoms with E-state index in [-0.39, 0.29) is 30.8 Å². The molecular formula is C27H26F2N4O4S. The number of fused-ring (bicyclic) bond motifs is 1. The van der Waals surface area contributed by atoms with Gasteiger partial charge in [-0.3, -0.25) is 9.78 Å². The fourth-order valence-corrected chi connectivity index (χ4v) is 6.21. The van der Waals surface area contributed by atoms with Crippen LogP contribution in [0.15, 0.2) is 65.7 Å². The van der Waals surface area contributed by atoms with E-state index in [0.717, 1.165) is 11.6 Å². The van der Waals surface area contributed by atoms with Gasteiger partial charge < -0.3 is 15.5 Å². The average molecular weight is 541 g/mol. The van der Waals surface area contributed by atoms with Crippen molar-refractivity contribution in [2.45, 2.75) is 23.7 Å². The number of benzene rings is 2.